The summed E-state index contributed by atoms with van der Waals surface area (Å²) in [6.45, 7) is 1.73. The number of anilines is 1. The van der Waals surface area contributed by atoms with Crippen molar-refractivity contribution in [3.63, 3.8) is 0 Å². The van der Waals surface area contributed by atoms with Gasteiger partial charge in [-0.05, 0) is 50.4 Å². The van der Waals surface area contributed by atoms with Crippen LogP contribution in [0.3, 0.4) is 0 Å². The molecular formula is C13H19FN2. The van der Waals surface area contributed by atoms with Crippen molar-refractivity contribution in [2.24, 2.45) is 5.73 Å². The fraction of sp³-hybridized carbons (Fsp3) is 0.538. The second-order valence-corrected chi connectivity index (χ2v) is 4.40. The van der Waals surface area contributed by atoms with E-state index in [1.165, 1.54) is 25.3 Å². The summed E-state index contributed by atoms with van der Waals surface area (Å²) in [5, 5.41) is 0. The summed E-state index contributed by atoms with van der Waals surface area (Å²) in [5.74, 6) is -0.158. The van der Waals surface area contributed by atoms with E-state index in [9.17, 15) is 4.39 Å². The largest absolute Gasteiger partial charge is 0.368 e. The first-order valence-corrected chi connectivity index (χ1v) is 6.03. The quantitative estimate of drug-likeness (QED) is 0.851. The maximum absolute atomic E-state index is 13.2. The Morgan fingerprint density at radius 2 is 2.25 bits per heavy atom. The first-order valence-electron chi connectivity index (χ1n) is 6.03. The van der Waals surface area contributed by atoms with E-state index in [1.807, 2.05) is 6.07 Å². The van der Waals surface area contributed by atoms with Crippen LogP contribution in [-0.4, -0.2) is 19.1 Å². The summed E-state index contributed by atoms with van der Waals surface area (Å²) in [6.07, 6.45) is 4.62. The van der Waals surface area contributed by atoms with E-state index in [-0.39, 0.29) is 5.82 Å². The third kappa shape index (κ3) is 2.53. The normalized spacial score (nSPS) is 21.1. The zero-order valence-electron chi connectivity index (χ0n) is 9.53. The lowest BCUT2D eigenvalue weighted by atomic mass is 9.98. The molecule has 1 aliphatic heterocycles. The van der Waals surface area contributed by atoms with Crippen LogP contribution in [0, 0.1) is 5.82 Å². The monoisotopic (exact) mass is 222 g/mol. The van der Waals surface area contributed by atoms with Crippen LogP contribution in [0.4, 0.5) is 10.1 Å². The highest BCUT2D eigenvalue weighted by Crippen LogP contribution is 2.26. The molecule has 1 unspecified atom stereocenters. The van der Waals surface area contributed by atoms with Crippen molar-refractivity contribution in [2.75, 3.05) is 18.0 Å². The third-order valence-electron chi connectivity index (χ3n) is 3.27. The van der Waals surface area contributed by atoms with Gasteiger partial charge in [0.15, 0.2) is 0 Å². The van der Waals surface area contributed by atoms with Crippen LogP contribution >= 0.6 is 0 Å². The summed E-state index contributed by atoms with van der Waals surface area (Å²) in [5.41, 5.74) is 6.63. The number of nitrogens with two attached hydrogens (primary N) is 1. The summed E-state index contributed by atoms with van der Waals surface area (Å²) < 4.78 is 13.2. The minimum Gasteiger partial charge on any atom is -0.368 e. The van der Waals surface area contributed by atoms with Crippen molar-refractivity contribution in [1.82, 2.24) is 0 Å². The van der Waals surface area contributed by atoms with Crippen LogP contribution in [0.15, 0.2) is 24.3 Å². The van der Waals surface area contributed by atoms with Gasteiger partial charge in [-0.1, -0.05) is 6.07 Å². The second-order valence-electron chi connectivity index (χ2n) is 4.40. The zero-order valence-corrected chi connectivity index (χ0v) is 9.53. The molecule has 1 aromatic carbocycles. The van der Waals surface area contributed by atoms with Gasteiger partial charge in [-0.3, -0.25) is 0 Å². The molecule has 0 bridgehead atoms. The third-order valence-corrected chi connectivity index (χ3v) is 3.27. The molecule has 0 radical (unpaired) electrons. The van der Waals surface area contributed by atoms with Crippen LogP contribution in [0.25, 0.3) is 0 Å². The maximum Gasteiger partial charge on any atom is 0.125 e. The topological polar surface area (TPSA) is 29.3 Å². The predicted molar refractivity (Wildman–Crippen MR) is 65.1 cm³/mol. The SMILES string of the molecule is NCCC1CCCCN1c1cccc(F)c1. The Hall–Kier alpha value is -1.09. The number of nitrogens with zero attached hydrogens (tertiary/aromatic N) is 1. The smallest absolute Gasteiger partial charge is 0.125 e. The van der Waals surface area contributed by atoms with Crippen LogP contribution in [0.2, 0.25) is 0 Å². The molecule has 0 saturated carbocycles. The average molecular weight is 222 g/mol. The Labute approximate surface area is 96.2 Å². The van der Waals surface area contributed by atoms with Crippen molar-refractivity contribution < 1.29 is 4.39 Å². The maximum atomic E-state index is 13.2. The molecule has 88 valence electrons. The lowest BCUT2D eigenvalue weighted by molar-refractivity contribution is 0.441. The van der Waals surface area contributed by atoms with Gasteiger partial charge in [0.25, 0.3) is 0 Å². The first kappa shape index (κ1) is 11.4. The number of halogens is 1. The molecule has 3 heteroatoms. The predicted octanol–water partition coefficient (Wildman–Crippen LogP) is 2.53. The van der Waals surface area contributed by atoms with E-state index in [0.29, 0.717) is 12.6 Å². The van der Waals surface area contributed by atoms with Crippen LogP contribution < -0.4 is 10.6 Å². The average Bonchev–Trinajstić information content (AvgIpc) is 2.30. The molecule has 0 aromatic heterocycles. The lowest BCUT2D eigenvalue weighted by Crippen LogP contribution is -2.40. The lowest BCUT2D eigenvalue weighted by Gasteiger charge is -2.37. The van der Waals surface area contributed by atoms with Crippen molar-refractivity contribution in [3.8, 4) is 0 Å². The molecule has 2 N–H and O–H groups in total. The van der Waals surface area contributed by atoms with Gasteiger partial charge in [-0.15, -0.1) is 0 Å². The Balaban J connectivity index is 2.16. The van der Waals surface area contributed by atoms with Gasteiger partial charge >= 0.3 is 0 Å². The molecule has 1 saturated heterocycles. The standard InChI is InChI=1S/C13H19FN2/c14-11-4-3-6-13(10-11)16-9-2-1-5-12(16)7-8-15/h3-4,6,10,12H,1-2,5,7-9,15H2. The van der Waals surface area contributed by atoms with Gasteiger partial charge in [-0.25, -0.2) is 4.39 Å². The number of hydrogen-bond acceptors (Lipinski definition) is 2. The van der Waals surface area contributed by atoms with Crippen LogP contribution in [0.5, 0.6) is 0 Å². The molecule has 2 rings (SSSR count). The van der Waals surface area contributed by atoms with Gasteiger partial charge in [-0.2, -0.15) is 0 Å². The second kappa shape index (κ2) is 5.30. The highest BCUT2D eigenvalue weighted by molar-refractivity contribution is 5.47. The van der Waals surface area contributed by atoms with Crippen LogP contribution in [0.1, 0.15) is 25.7 Å². The minimum atomic E-state index is -0.158. The van der Waals surface area contributed by atoms with Crippen LogP contribution in [-0.2, 0) is 0 Å². The Morgan fingerprint density at radius 1 is 1.38 bits per heavy atom. The fourth-order valence-electron chi connectivity index (χ4n) is 2.49. The fourth-order valence-corrected chi connectivity index (χ4v) is 2.49. The van der Waals surface area contributed by atoms with Gasteiger partial charge in [0.2, 0.25) is 0 Å². The molecule has 16 heavy (non-hydrogen) atoms. The number of piperidine rings is 1. The molecule has 1 aromatic rings. The van der Waals surface area contributed by atoms with Crippen molar-refractivity contribution in [1.29, 1.82) is 0 Å². The number of benzene rings is 1. The van der Waals surface area contributed by atoms with Gasteiger partial charge in [0.1, 0.15) is 5.82 Å². The molecule has 2 nitrogen and oxygen atoms in total. The molecule has 1 atom stereocenters. The first-order chi connectivity index (χ1) is 7.81. The molecule has 0 amide bonds. The summed E-state index contributed by atoms with van der Waals surface area (Å²) in [6, 6.07) is 7.36. The van der Waals surface area contributed by atoms with E-state index in [4.69, 9.17) is 5.73 Å². The molecule has 0 spiro atoms. The Kier molecular flexibility index (Phi) is 3.78. The highest BCUT2D eigenvalue weighted by Gasteiger charge is 2.21. The van der Waals surface area contributed by atoms with Gasteiger partial charge < -0.3 is 10.6 Å². The minimum absolute atomic E-state index is 0.158. The summed E-state index contributed by atoms with van der Waals surface area (Å²) in [4.78, 5) is 2.31. The van der Waals surface area contributed by atoms with E-state index in [1.54, 1.807) is 12.1 Å². The number of rotatable bonds is 3. The summed E-state index contributed by atoms with van der Waals surface area (Å²) in [7, 11) is 0. The molecule has 1 heterocycles. The summed E-state index contributed by atoms with van der Waals surface area (Å²) >= 11 is 0. The van der Waals surface area contributed by atoms with Gasteiger partial charge in [0, 0.05) is 18.3 Å². The zero-order chi connectivity index (χ0) is 11.4. The number of hydrogen-bond donors (Lipinski definition) is 1. The molecule has 0 aliphatic carbocycles. The Morgan fingerprint density at radius 3 is 3.00 bits per heavy atom. The Bertz CT molecular complexity index is 338. The van der Waals surface area contributed by atoms with E-state index >= 15 is 0 Å². The molecular weight excluding hydrogens is 203 g/mol. The highest BCUT2D eigenvalue weighted by atomic mass is 19.1. The van der Waals surface area contributed by atoms with Crippen molar-refractivity contribution in [3.05, 3.63) is 30.1 Å². The van der Waals surface area contributed by atoms with E-state index < -0.39 is 0 Å². The van der Waals surface area contributed by atoms with Crippen molar-refractivity contribution in [2.45, 2.75) is 31.7 Å². The van der Waals surface area contributed by atoms with Gasteiger partial charge in [0.05, 0.1) is 0 Å². The van der Waals surface area contributed by atoms with Crippen molar-refractivity contribution >= 4 is 5.69 Å². The van der Waals surface area contributed by atoms with E-state index in [0.717, 1.165) is 18.7 Å². The molecule has 1 fully saturated rings. The van der Waals surface area contributed by atoms with E-state index in [2.05, 4.69) is 4.90 Å². The molecule has 1 aliphatic rings.